The molecule has 0 aromatic carbocycles. The Labute approximate surface area is 127 Å². The van der Waals surface area contributed by atoms with Crippen LogP contribution in [0.25, 0.3) is 0 Å². The van der Waals surface area contributed by atoms with Gasteiger partial charge < -0.3 is 16.8 Å². The Morgan fingerprint density at radius 3 is 2.33 bits per heavy atom. The zero-order valence-corrected chi connectivity index (χ0v) is 13.5. The summed E-state index contributed by atoms with van der Waals surface area (Å²) in [4.78, 5) is 24.9. The highest BCUT2D eigenvalue weighted by atomic mass is 16.2. The molecule has 122 valence electrons. The average Bonchev–Trinajstić information content (AvgIpc) is 2.28. The summed E-state index contributed by atoms with van der Waals surface area (Å²) in [6.45, 7) is 8.26. The maximum atomic E-state index is 12.0. The average molecular weight is 298 g/mol. The highest BCUT2D eigenvalue weighted by Gasteiger charge is 2.23. The summed E-state index contributed by atoms with van der Waals surface area (Å²) < 4.78 is 0. The third-order valence-corrected chi connectivity index (χ3v) is 3.65. The van der Waals surface area contributed by atoms with E-state index in [0.29, 0.717) is 13.0 Å². The van der Waals surface area contributed by atoms with Gasteiger partial charge in [-0.2, -0.15) is 0 Å². The molecule has 2 amide bonds. The molecule has 0 bridgehead atoms. The van der Waals surface area contributed by atoms with Gasteiger partial charge in [-0.25, -0.2) is 0 Å². The van der Waals surface area contributed by atoms with E-state index in [1.165, 1.54) is 0 Å². The van der Waals surface area contributed by atoms with Crippen LogP contribution in [0.15, 0.2) is 0 Å². The van der Waals surface area contributed by atoms with Gasteiger partial charge in [0.05, 0.1) is 6.54 Å². The minimum Gasteiger partial charge on any atom is -0.369 e. The van der Waals surface area contributed by atoms with Gasteiger partial charge in [0.1, 0.15) is 0 Å². The summed E-state index contributed by atoms with van der Waals surface area (Å²) in [7, 11) is 0. The van der Waals surface area contributed by atoms with Crippen LogP contribution in [0.5, 0.6) is 0 Å². The second-order valence-electron chi connectivity index (χ2n) is 7.31. The van der Waals surface area contributed by atoms with Gasteiger partial charge >= 0.3 is 0 Å². The Hall–Kier alpha value is -1.14. The van der Waals surface area contributed by atoms with Gasteiger partial charge in [0.2, 0.25) is 11.8 Å². The van der Waals surface area contributed by atoms with Crippen LogP contribution in [0, 0.1) is 5.41 Å². The molecule has 5 N–H and O–H groups in total. The van der Waals surface area contributed by atoms with Gasteiger partial charge in [-0.1, -0.05) is 20.8 Å². The number of likely N-dealkylation sites (tertiary alicyclic amines) is 1. The number of piperidine rings is 1. The zero-order chi connectivity index (χ0) is 16.0. The normalized spacial score (nSPS) is 19.2. The van der Waals surface area contributed by atoms with E-state index in [-0.39, 0.29) is 29.3 Å². The van der Waals surface area contributed by atoms with Gasteiger partial charge in [0.15, 0.2) is 0 Å². The fraction of sp³-hybridized carbons (Fsp3) is 0.867. The standard InChI is InChI=1S/C15H30N4O2/c1-15(2,3)9-11(16)8-14(21)18-12-4-6-19(7-5-12)10-13(17)20/h11-12H,4-10,16H2,1-3H3,(H2,17,20)(H,18,21). The van der Waals surface area contributed by atoms with Crippen molar-refractivity contribution >= 4 is 11.8 Å². The van der Waals surface area contributed by atoms with Crippen molar-refractivity contribution < 1.29 is 9.59 Å². The molecule has 0 spiro atoms. The first-order chi connectivity index (χ1) is 9.65. The van der Waals surface area contributed by atoms with Crippen molar-refractivity contribution in [3.63, 3.8) is 0 Å². The maximum absolute atomic E-state index is 12.0. The third-order valence-electron chi connectivity index (χ3n) is 3.65. The van der Waals surface area contributed by atoms with Crippen LogP contribution in [-0.2, 0) is 9.59 Å². The Morgan fingerprint density at radius 2 is 1.86 bits per heavy atom. The van der Waals surface area contributed by atoms with Gasteiger partial charge in [-0.15, -0.1) is 0 Å². The summed E-state index contributed by atoms with van der Waals surface area (Å²) in [6.07, 6.45) is 2.91. The first-order valence-electron chi connectivity index (χ1n) is 7.71. The Bertz CT molecular complexity index is 357. The van der Waals surface area contributed by atoms with Gasteiger partial charge in [0.25, 0.3) is 0 Å². The van der Waals surface area contributed by atoms with E-state index in [4.69, 9.17) is 11.5 Å². The first kappa shape index (κ1) is 17.9. The molecule has 1 atom stereocenters. The van der Waals surface area contributed by atoms with Crippen LogP contribution < -0.4 is 16.8 Å². The zero-order valence-electron chi connectivity index (χ0n) is 13.5. The molecule has 6 heteroatoms. The molecule has 0 radical (unpaired) electrons. The highest BCUT2D eigenvalue weighted by Crippen LogP contribution is 2.21. The van der Waals surface area contributed by atoms with Crippen LogP contribution in [0.1, 0.15) is 46.5 Å². The lowest BCUT2D eigenvalue weighted by Gasteiger charge is -2.31. The molecule has 0 aliphatic carbocycles. The fourth-order valence-corrected chi connectivity index (χ4v) is 2.84. The summed E-state index contributed by atoms with van der Waals surface area (Å²) in [5, 5.41) is 3.05. The summed E-state index contributed by atoms with van der Waals surface area (Å²) in [5.74, 6) is -0.272. The minimum atomic E-state index is -0.300. The van der Waals surface area contributed by atoms with Crippen LogP contribution in [0.4, 0.5) is 0 Å². The number of primary amides is 1. The number of carbonyl (C=O) groups is 2. The van der Waals surface area contributed by atoms with E-state index in [0.717, 1.165) is 32.4 Å². The van der Waals surface area contributed by atoms with Crippen molar-refractivity contribution in [3.8, 4) is 0 Å². The van der Waals surface area contributed by atoms with Gasteiger partial charge in [-0.3, -0.25) is 14.5 Å². The van der Waals surface area contributed by atoms with E-state index in [2.05, 4.69) is 26.1 Å². The van der Waals surface area contributed by atoms with E-state index in [1.807, 2.05) is 4.90 Å². The quantitative estimate of drug-likeness (QED) is 0.652. The molecular formula is C15H30N4O2. The van der Waals surface area contributed by atoms with E-state index in [9.17, 15) is 9.59 Å². The van der Waals surface area contributed by atoms with E-state index in [1.54, 1.807) is 0 Å². The first-order valence-corrected chi connectivity index (χ1v) is 7.71. The topological polar surface area (TPSA) is 101 Å². The second kappa shape index (κ2) is 7.75. The lowest BCUT2D eigenvalue weighted by Crippen LogP contribution is -2.47. The Morgan fingerprint density at radius 1 is 1.29 bits per heavy atom. The molecule has 1 rings (SSSR count). The van der Waals surface area contributed by atoms with E-state index < -0.39 is 0 Å². The molecule has 1 saturated heterocycles. The molecular weight excluding hydrogens is 268 g/mol. The molecule has 6 nitrogen and oxygen atoms in total. The minimum absolute atomic E-state index is 0.0279. The predicted molar refractivity (Wildman–Crippen MR) is 83.5 cm³/mol. The number of nitrogens with zero attached hydrogens (tertiary/aromatic N) is 1. The lowest BCUT2D eigenvalue weighted by atomic mass is 9.87. The largest absolute Gasteiger partial charge is 0.369 e. The van der Waals surface area contributed by atoms with Crippen molar-refractivity contribution in [3.05, 3.63) is 0 Å². The molecule has 1 fully saturated rings. The molecule has 1 aliphatic rings. The van der Waals surface area contributed by atoms with Crippen molar-refractivity contribution in [1.82, 2.24) is 10.2 Å². The number of rotatable bonds is 6. The van der Waals surface area contributed by atoms with Crippen molar-refractivity contribution in [2.24, 2.45) is 16.9 Å². The molecule has 1 unspecified atom stereocenters. The van der Waals surface area contributed by atoms with Gasteiger partial charge in [0, 0.05) is 31.6 Å². The lowest BCUT2D eigenvalue weighted by molar-refractivity contribution is -0.123. The summed E-state index contributed by atoms with van der Waals surface area (Å²) >= 11 is 0. The molecule has 0 aromatic rings. The summed E-state index contributed by atoms with van der Waals surface area (Å²) in [6, 6.07) is 0.0865. The van der Waals surface area contributed by atoms with Crippen LogP contribution in [-0.4, -0.2) is 48.4 Å². The number of hydrogen-bond acceptors (Lipinski definition) is 4. The number of amides is 2. The smallest absolute Gasteiger partial charge is 0.231 e. The molecule has 0 aromatic heterocycles. The third kappa shape index (κ3) is 8.02. The fourth-order valence-electron chi connectivity index (χ4n) is 2.84. The molecule has 1 heterocycles. The monoisotopic (exact) mass is 298 g/mol. The Balaban J connectivity index is 2.26. The maximum Gasteiger partial charge on any atom is 0.231 e. The molecule has 0 saturated carbocycles. The van der Waals surface area contributed by atoms with Crippen molar-refractivity contribution in [1.29, 1.82) is 0 Å². The number of hydrogen-bond donors (Lipinski definition) is 3. The summed E-state index contributed by atoms with van der Waals surface area (Å²) in [5.41, 5.74) is 11.3. The molecule has 1 aliphatic heterocycles. The van der Waals surface area contributed by atoms with Gasteiger partial charge in [-0.05, 0) is 24.7 Å². The highest BCUT2D eigenvalue weighted by molar-refractivity contribution is 5.77. The van der Waals surface area contributed by atoms with Crippen LogP contribution in [0.3, 0.4) is 0 Å². The number of nitrogens with two attached hydrogens (primary N) is 2. The van der Waals surface area contributed by atoms with E-state index >= 15 is 0 Å². The molecule has 21 heavy (non-hydrogen) atoms. The Kier molecular flexibility index (Phi) is 6.61. The van der Waals surface area contributed by atoms with Crippen molar-refractivity contribution in [2.45, 2.75) is 58.5 Å². The number of nitrogens with one attached hydrogen (secondary N) is 1. The van der Waals surface area contributed by atoms with Crippen molar-refractivity contribution in [2.75, 3.05) is 19.6 Å². The van der Waals surface area contributed by atoms with Crippen LogP contribution in [0.2, 0.25) is 0 Å². The van der Waals surface area contributed by atoms with Crippen LogP contribution >= 0.6 is 0 Å². The second-order valence-corrected chi connectivity index (χ2v) is 7.31. The predicted octanol–water partition coefficient (Wildman–Crippen LogP) is 0.206. The number of carbonyl (C=O) groups excluding carboxylic acids is 2. The SMILES string of the molecule is CC(C)(C)CC(N)CC(=O)NC1CCN(CC(N)=O)CC1.